The van der Waals surface area contributed by atoms with Crippen molar-refractivity contribution in [3.8, 4) is 5.75 Å². The summed E-state index contributed by atoms with van der Waals surface area (Å²) < 4.78 is 5.58. The summed E-state index contributed by atoms with van der Waals surface area (Å²) in [7, 11) is 0. The van der Waals surface area contributed by atoms with E-state index < -0.39 is 0 Å². The maximum atomic E-state index is 11.7. The highest BCUT2D eigenvalue weighted by Crippen LogP contribution is 2.28. The van der Waals surface area contributed by atoms with E-state index in [1.807, 2.05) is 12.1 Å². The van der Waals surface area contributed by atoms with Gasteiger partial charge in [0.25, 0.3) is 0 Å². The number of halogens is 1. The summed E-state index contributed by atoms with van der Waals surface area (Å²) in [4.78, 5) is 24.8. The normalized spacial score (nSPS) is 16.7. The summed E-state index contributed by atoms with van der Waals surface area (Å²) in [5, 5.41) is 4.29. The lowest BCUT2D eigenvalue weighted by molar-refractivity contribution is -0.138. The number of amides is 2. The molecule has 0 aromatic heterocycles. The van der Waals surface area contributed by atoms with E-state index in [4.69, 9.17) is 16.3 Å². The lowest BCUT2D eigenvalue weighted by Gasteiger charge is -2.16. The Hall–Kier alpha value is -2.37. The Morgan fingerprint density at radius 2 is 1.90 bits per heavy atom. The number of nitrogens with zero attached hydrogens (tertiary/aromatic N) is 1. The van der Waals surface area contributed by atoms with E-state index in [2.05, 4.69) is 36.5 Å². The number of likely N-dealkylation sites (tertiary alicyclic amines) is 1. The highest BCUT2D eigenvalue weighted by molar-refractivity contribution is 6.31. The van der Waals surface area contributed by atoms with Gasteiger partial charge in [0.1, 0.15) is 5.75 Å². The van der Waals surface area contributed by atoms with E-state index in [0.717, 1.165) is 54.3 Å². The molecule has 1 N–H and O–H groups in total. The average molecular weight is 427 g/mol. The fourth-order valence-corrected chi connectivity index (χ4v) is 4.37. The molecule has 30 heavy (non-hydrogen) atoms. The molecule has 4 rings (SSSR count). The van der Waals surface area contributed by atoms with Crippen molar-refractivity contribution in [2.24, 2.45) is 0 Å². The predicted octanol–water partition coefficient (Wildman–Crippen LogP) is 4.21. The predicted molar refractivity (Wildman–Crippen MR) is 117 cm³/mol. The second kappa shape index (κ2) is 9.19. The molecule has 2 aromatic carbocycles. The third-order valence-corrected chi connectivity index (χ3v) is 6.28. The molecule has 2 aliphatic rings. The maximum Gasteiger partial charge on any atom is 0.229 e. The van der Waals surface area contributed by atoms with Crippen LogP contribution in [-0.2, 0) is 29.0 Å². The van der Waals surface area contributed by atoms with Gasteiger partial charge in [-0.1, -0.05) is 35.9 Å². The summed E-state index contributed by atoms with van der Waals surface area (Å²) in [6, 6.07) is 12.8. The van der Waals surface area contributed by atoms with Crippen LogP contribution in [0.4, 0.5) is 0 Å². The summed E-state index contributed by atoms with van der Waals surface area (Å²) >= 11 is 6.49. The Kier molecular flexibility index (Phi) is 6.40. The highest BCUT2D eigenvalue weighted by Gasteiger charge is 2.28. The van der Waals surface area contributed by atoms with Gasteiger partial charge in [0.05, 0.1) is 6.61 Å². The molecular formula is C24H27ClN2O3. The molecule has 158 valence electrons. The van der Waals surface area contributed by atoms with Gasteiger partial charge in [-0.2, -0.15) is 0 Å². The highest BCUT2D eigenvalue weighted by atomic mass is 35.5. The van der Waals surface area contributed by atoms with E-state index in [-0.39, 0.29) is 17.9 Å². The molecule has 0 radical (unpaired) electrons. The number of carbonyl (C=O) groups is 2. The third kappa shape index (κ3) is 4.68. The van der Waals surface area contributed by atoms with Gasteiger partial charge in [-0.05, 0) is 54.2 Å². The van der Waals surface area contributed by atoms with Crippen molar-refractivity contribution >= 4 is 23.4 Å². The molecule has 1 atom stereocenters. The minimum absolute atomic E-state index is 0.0578. The topological polar surface area (TPSA) is 58.6 Å². The zero-order chi connectivity index (χ0) is 21.1. The van der Waals surface area contributed by atoms with Gasteiger partial charge in [-0.25, -0.2) is 0 Å². The number of hydrogen-bond donors (Lipinski definition) is 1. The Morgan fingerprint density at radius 1 is 1.10 bits per heavy atom. The molecule has 0 saturated carbocycles. The zero-order valence-electron chi connectivity index (χ0n) is 17.2. The van der Waals surface area contributed by atoms with Crippen LogP contribution in [-0.4, -0.2) is 29.9 Å². The van der Waals surface area contributed by atoms with Gasteiger partial charge in [-0.3, -0.25) is 14.5 Å². The van der Waals surface area contributed by atoms with Crippen LogP contribution >= 0.6 is 11.6 Å². The van der Waals surface area contributed by atoms with Gasteiger partial charge in [-0.15, -0.1) is 0 Å². The van der Waals surface area contributed by atoms with E-state index in [0.29, 0.717) is 19.4 Å². The second-order valence-electron chi connectivity index (χ2n) is 8.04. The first-order valence-corrected chi connectivity index (χ1v) is 11.0. The smallest absolute Gasteiger partial charge is 0.229 e. The van der Waals surface area contributed by atoms with Gasteiger partial charge >= 0.3 is 0 Å². The first-order chi connectivity index (χ1) is 14.5. The Balaban J connectivity index is 1.28. The number of nitrogens with one attached hydrogen (secondary N) is 1. The van der Waals surface area contributed by atoms with Gasteiger partial charge in [0.15, 0.2) is 0 Å². The number of carbonyl (C=O) groups excluding carboxylic acids is 2. The lowest BCUT2D eigenvalue weighted by atomic mass is 10.0. The Morgan fingerprint density at radius 3 is 2.67 bits per heavy atom. The fraction of sp³-hybridized carbons (Fsp3) is 0.417. The van der Waals surface area contributed by atoms with Crippen molar-refractivity contribution in [2.75, 3.05) is 13.2 Å². The molecule has 2 aliphatic heterocycles. The second-order valence-corrected chi connectivity index (χ2v) is 8.44. The van der Waals surface area contributed by atoms with Crippen LogP contribution in [0.25, 0.3) is 0 Å². The molecular weight excluding hydrogens is 400 g/mol. The van der Waals surface area contributed by atoms with Crippen molar-refractivity contribution in [3.63, 3.8) is 0 Å². The number of hydrogen-bond acceptors (Lipinski definition) is 4. The number of aryl methyl sites for hydroxylation is 1. The van der Waals surface area contributed by atoms with Crippen LogP contribution in [0.15, 0.2) is 36.4 Å². The average Bonchev–Trinajstić information content (AvgIpc) is 3.34. The van der Waals surface area contributed by atoms with Crippen molar-refractivity contribution in [1.29, 1.82) is 0 Å². The number of imide groups is 1. The van der Waals surface area contributed by atoms with Crippen molar-refractivity contribution in [1.82, 2.24) is 10.2 Å². The molecule has 2 heterocycles. The monoisotopic (exact) mass is 426 g/mol. The minimum Gasteiger partial charge on any atom is -0.493 e. The van der Waals surface area contributed by atoms with E-state index in [9.17, 15) is 9.59 Å². The van der Waals surface area contributed by atoms with Crippen LogP contribution in [0.3, 0.4) is 0 Å². The molecule has 0 spiro atoms. The van der Waals surface area contributed by atoms with Crippen LogP contribution in [0, 0.1) is 0 Å². The first-order valence-electron chi connectivity index (χ1n) is 10.6. The van der Waals surface area contributed by atoms with Crippen LogP contribution in [0.5, 0.6) is 5.75 Å². The van der Waals surface area contributed by atoms with Crippen LogP contribution in [0.2, 0.25) is 5.02 Å². The van der Waals surface area contributed by atoms with Crippen molar-refractivity contribution in [2.45, 2.75) is 51.6 Å². The largest absolute Gasteiger partial charge is 0.493 e. The molecule has 6 heteroatoms. The standard InChI is InChI=1S/C24H27ClN2O3/c1-16(19-6-7-22-20(14-19)10-12-30-22)26-15-17-4-5-18(21(25)13-17)3-2-11-27-23(28)8-9-24(27)29/h4-7,13-14,16,26H,2-3,8-12,15H2,1H3. The molecule has 5 nitrogen and oxygen atoms in total. The number of ether oxygens (including phenoxy) is 1. The minimum atomic E-state index is -0.0578. The van der Waals surface area contributed by atoms with Crippen molar-refractivity contribution < 1.29 is 14.3 Å². The molecule has 2 aromatic rings. The zero-order valence-corrected chi connectivity index (χ0v) is 18.0. The van der Waals surface area contributed by atoms with Crippen molar-refractivity contribution in [3.05, 3.63) is 63.7 Å². The van der Waals surface area contributed by atoms with Crippen LogP contribution in [0.1, 0.15) is 54.5 Å². The quantitative estimate of drug-likeness (QED) is 0.642. The summed E-state index contributed by atoms with van der Waals surface area (Å²) in [5.74, 6) is 0.891. The molecule has 1 unspecified atom stereocenters. The fourth-order valence-electron chi connectivity index (χ4n) is 4.07. The van der Waals surface area contributed by atoms with Gasteiger partial charge < -0.3 is 10.1 Å². The molecule has 2 amide bonds. The number of benzene rings is 2. The lowest BCUT2D eigenvalue weighted by Crippen LogP contribution is -2.30. The maximum absolute atomic E-state index is 11.7. The summed E-state index contributed by atoms with van der Waals surface area (Å²) in [6.07, 6.45) is 3.15. The van der Waals surface area contributed by atoms with Crippen LogP contribution < -0.4 is 10.1 Å². The molecule has 0 aliphatic carbocycles. The number of fused-ring (bicyclic) bond motifs is 1. The van der Waals surface area contributed by atoms with E-state index >= 15 is 0 Å². The molecule has 0 bridgehead atoms. The first kappa shape index (κ1) is 20.9. The Labute approximate surface area is 182 Å². The van der Waals surface area contributed by atoms with E-state index in [1.165, 1.54) is 16.0 Å². The Bertz CT molecular complexity index is 943. The molecule has 1 fully saturated rings. The summed E-state index contributed by atoms with van der Waals surface area (Å²) in [5.41, 5.74) is 4.72. The SMILES string of the molecule is CC(NCc1ccc(CCCN2C(=O)CCC2=O)c(Cl)c1)c1ccc2c(c1)CCO2. The van der Waals surface area contributed by atoms with Gasteiger partial charge in [0.2, 0.25) is 11.8 Å². The van der Waals surface area contributed by atoms with Gasteiger partial charge in [0, 0.05) is 43.4 Å². The molecule has 1 saturated heterocycles. The number of rotatable bonds is 8. The third-order valence-electron chi connectivity index (χ3n) is 5.93. The summed E-state index contributed by atoms with van der Waals surface area (Å²) in [6.45, 7) is 4.14. The van der Waals surface area contributed by atoms with E-state index in [1.54, 1.807) is 0 Å².